The van der Waals surface area contributed by atoms with Crippen LogP contribution in [0, 0.1) is 6.92 Å². The number of ether oxygens (including phenoxy) is 1. The van der Waals surface area contributed by atoms with Gasteiger partial charge in [-0.3, -0.25) is 0 Å². The minimum atomic E-state index is -1.10. The smallest absolute Gasteiger partial charge is 0.358 e. The number of benzene rings is 1. The molecule has 1 aromatic carbocycles. The third-order valence-corrected chi connectivity index (χ3v) is 2.90. The molecular weight excluding hydrogens is 246 g/mol. The standard InChI is InChI=1S/C14H15NO4/c1-4-9-5-6-11(18-3)10(7-9)13-15-12(14(16)17)8(2)19-13/h5-7H,4H2,1-3H3,(H,16,17). The summed E-state index contributed by atoms with van der Waals surface area (Å²) in [6.45, 7) is 3.62. The average Bonchev–Trinajstić information content (AvgIpc) is 2.80. The molecule has 100 valence electrons. The topological polar surface area (TPSA) is 72.6 Å². The fraction of sp³-hybridized carbons (Fsp3) is 0.286. The lowest BCUT2D eigenvalue weighted by atomic mass is 10.1. The SMILES string of the molecule is CCc1ccc(OC)c(-c2nc(C(=O)O)c(C)o2)c1. The Morgan fingerprint density at radius 2 is 2.21 bits per heavy atom. The van der Waals surface area contributed by atoms with Crippen LogP contribution in [0.25, 0.3) is 11.5 Å². The van der Waals surface area contributed by atoms with E-state index in [1.807, 2.05) is 25.1 Å². The highest BCUT2D eigenvalue weighted by Crippen LogP contribution is 2.31. The molecule has 0 bridgehead atoms. The zero-order valence-electron chi connectivity index (χ0n) is 11.1. The second-order valence-corrected chi connectivity index (χ2v) is 4.12. The van der Waals surface area contributed by atoms with Crippen LogP contribution < -0.4 is 4.74 Å². The van der Waals surface area contributed by atoms with Crippen LogP contribution in [0.15, 0.2) is 22.6 Å². The Kier molecular flexibility index (Phi) is 3.55. The number of carboxylic acid groups (broad SMARTS) is 1. The number of aromatic nitrogens is 1. The predicted molar refractivity (Wildman–Crippen MR) is 69.6 cm³/mol. The largest absolute Gasteiger partial charge is 0.496 e. The summed E-state index contributed by atoms with van der Waals surface area (Å²) in [5.41, 5.74) is 1.69. The molecule has 0 atom stereocenters. The monoisotopic (exact) mass is 261 g/mol. The molecule has 0 fully saturated rings. The summed E-state index contributed by atoms with van der Waals surface area (Å²) < 4.78 is 10.7. The highest BCUT2D eigenvalue weighted by atomic mass is 16.5. The van der Waals surface area contributed by atoms with Gasteiger partial charge < -0.3 is 14.3 Å². The zero-order chi connectivity index (χ0) is 14.0. The average molecular weight is 261 g/mol. The quantitative estimate of drug-likeness (QED) is 0.916. The minimum absolute atomic E-state index is 0.0704. The number of oxazole rings is 1. The lowest BCUT2D eigenvalue weighted by Crippen LogP contribution is -1.98. The van der Waals surface area contributed by atoms with Crippen molar-refractivity contribution in [1.29, 1.82) is 0 Å². The number of aromatic carboxylic acids is 1. The summed E-state index contributed by atoms with van der Waals surface area (Å²) in [6.07, 6.45) is 0.864. The van der Waals surface area contributed by atoms with Gasteiger partial charge in [0.2, 0.25) is 5.89 Å². The lowest BCUT2D eigenvalue weighted by Gasteiger charge is -2.07. The van der Waals surface area contributed by atoms with E-state index in [2.05, 4.69) is 4.98 Å². The Morgan fingerprint density at radius 1 is 1.47 bits per heavy atom. The summed E-state index contributed by atoms with van der Waals surface area (Å²) in [7, 11) is 1.55. The molecule has 0 unspecified atom stereocenters. The van der Waals surface area contributed by atoms with Gasteiger partial charge in [-0.15, -0.1) is 0 Å². The molecule has 2 aromatic rings. The Balaban J connectivity index is 2.57. The first-order valence-electron chi connectivity index (χ1n) is 5.94. The van der Waals surface area contributed by atoms with Gasteiger partial charge in [0, 0.05) is 0 Å². The van der Waals surface area contributed by atoms with E-state index in [0.29, 0.717) is 11.3 Å². The van der Waals surface area contributed by atoms with Gasteiger partial charge in [0.15, 0.2) is 5.69 Å². The third-order valence-electron chi connectivity index (χ3n) is 2.90. The van der Waals surface area contributed by atoms with E-state index in [-0.39, 0.29) is 17.3 Å². The number of carbonyl (C=O) groups is 1. The van der Waals surface area contributed by atoms with Crippen molar-refractivity contribution in [3.63, 3.8) is 0 Å². The first kappa shape index (κ1) is 13.1. The number of methoxy groups -OCH3 is 1. The molecule has 5 nitrogen and oxygen atoms in total. The van der Waals surface area contributed by atoms with Gasteiger partial charge in [-0.2, -0.15) is 0 Å². The fourth-order valence-electron chi connectivity index (χ4n) is 1.85. The molecule has 1 N–H and O–H groups in total. The maximum absolute atomic E-state index is 11.0. The molecule has 19 heavy (non-hydrogen) atoms. The first-order chi connectivity index (χ1) is 9.06. The van der Waals surface area contributed by atoms with Gasteiger partial charge >= 0.3 is 5.97 Å². The van der Waals surface area contributed by atoms with Crippen LogP contribution in [0.1, 0.15) is 28.7 Å². The van der Waals surface area contributed by atoms with Crippen LogP contribution >= 0.6 is 0 Å². The van der Waals surface area contributed by atoms with E-state index >= 15 is 0 Å². The lowest BCUT2D eigenvalue weighted by molar-refractivity contribution is 0.0689. The first-order valence-corrected chi connectivity index (χ1v) is 5.94. The summed E-state index contributed by atoms with van der Waals surface area (Å²) >= 11 is 0. The van der Waals surface area contributed by atoms with Crippen LogP contribution in [-0.2, 0) is 6.42 Å². The van der Waals surface area contributed by atoms with Crippen molar-refractivity contribution in [2.24, 2.45) is 0 Å². The van der Waals surface area contributed by atoms with Gasteiger partial charge in [-0.1, -0.05) is 13.0 Å². The van der Waals surface area contributed by atoms with E-state index in [1.54, 1.807) is 14.0 Å². The van der Waals surface area contributed by atoms with Crippen molar-refractivity contribution >= 4 is 5.97 Å². The van der Waals surface area contributed by atoms with E-state index in [1.165, 1.54) is 0 Å². The molecule has 0 spiro atoms. The summed E-state index contributed by atoms with van der Waals surface area (Å²) in [6, 6.07) is 5.68. The molecule has 0 aliphatic carbocycles. The van der Waals surface area contributed by atoms with Crippen LogP contribution in [0.2, 0.25) is 0 Å². The molecule has 1 heterocycles. The molecule has 0 aliphatic rings. The fourth-order valence-corrected chi connectivity index (χ4v) is 1.85. The normalized spacial score (nSPS) is 10.5. The number of hydrogen-bond donors (Lipinski definition) is 1. The van der Waals surface area contributed by atoms with Crippen LogP contribution in [0.5, 0.6) is 5.75 Å². The maximum atomic E-state index is 11.0. The summed E-state index contributed by atoms with van der Waals surface area (Å²) in [4.78, 5) is 15.0. The van der Waals surface area contributed by atoms with E-state index in [4.69, 9.17) is 14.3 Å². The van der Waals surface area contributed by atoms with Gasteiger partial charge in [-0.05, 0) is 31.0 Å². The molecule has 0 amide bonds. The van der Waals surface area contributed by atoms with Crippen molar-refractivity contribution in [1.82, 2.24) is 4.98 Å². The van der Waals surface area contributed by atoms with E-state index in [9.17, 15) is 4.79 Å². The number of carboxylic acids is 1. The number of hydrogen-bond acceptors (Lipinski definition) is 4. The molecule has 0 aliphatic heterocycles. The van der Waals surface area contributed by atoms with Crippen molar-refractivity contribution in [2.75, 3.05) is 7.11 Å². The Bertz CT molecular complexity index is 616. The number of aryl methyl sites for hydroxylation is 2. The van der Waals surface area contributed by atoms with Gasteiger partial charge in [0.1, 0.15) is 11.5 Å². The highest BCUT2D eigenvalue weighted by Gasteiger charge is 2.19. The zero-order valence-corrected chi connectivity index (χ0v) is 11.1. The predicted octanol–water partition coefficient (Wildman–Crippen LogP) is 2.92. The molecule has 1 aromatic heterocycles. The Hall–Kier alpha value is -2.30. The van der Waals surface area contributed by atoms with Crippen LogP contribution in [0.4, 0.5) is 0 Å². The van der Waals surface area contributed by atoms with Crippen molar-refractivity contribution < 1.29 is 19.1 Å². The maximum Gasteiger partial charge on any atom is 0.358 e. The molecule has 0 saturated carbocycles. The minimum Gasteiger partial charge on any atom is -0.496 e. The molecule has 5 heteroatoms. The van der Waals surface area contributed by atoms with Crippen molar-refractivity contribution in [2.45, 2.75) is 20.3 Å². The third kappa shape index (κ3) is 2.45. The van der Waals surface area contributed by atoms with Gasteiger partial charge in [0.05, 0.1) is 12.7 Å². The summed E-state index contributed by atoms with van der Waals surface area (Å²) in [5, 5.41) is 9.00. The van der Waals surface area contributed by atoms with Crippen LogP contribution in [0.3, 0.4) is 0 Å². The van der Waals surface area contributed by atoms with Crippen LogP contribution in [-0.4, -0.2) is 23.2 Å². The van der Waals surface area contributed by atoms with E-state index in [0.717, 1.165) is 12.0 Å². The molecule has 0 radical (unpaired) electrons. The van der Waals surface area contributed by atoms with E-state index < -0.39 is 5.97 Å². The summed E-state index contributed by atoms with van der Waals surface area (Å²) in [5.74, 6) is 0.0574. The Morgan fingerprint density at radius 3 is 2.74 bits per heavy atom. The Labute approximate surface area is 110 Å². The number of nitrogens with zero attached hydrogens (tertiary/aromatic N) is 1. The van der Waals surface area contributed by atoms with Crippen molar-refractivity contribution in [3.05, 3.63) is 35.2 Å². The molecule has 2 rings (SSSR count). The van der Waals surface area contributed by atoms with Gasteiger partial charge in [-0.25, -0.2) is 9.78 Å². The molecular formula is C14H15NO4. The molecule has 0 saturated heterocycles. The second kappa shape index (κ2) is 5.14. The van der Waals surface area contributed by atoms with Gasteiger partial charge in [0.25, 0.3) is 0 Å². The highest BCUT2D eigenvalue weighted by molar-refractivity contribution is 5.87. The second-order valence-electron chi connectivity index (χ2n) is 4.12. The van der Waals surface area contributed by atoms with Crippen molar-refractivity contribution in [3.8, 4) is 17.2 Å². The number of rotatable bonds is 4.